The first kappa shape index (κ1) is 33.9. The van der Waals surface area contributed by atoms with Crippen molar-refractivity contribution in [3.63, 3.8) is 0 Å². The van der Waals surface area contributed by atoms with Gasteiger partial charge in [0.2, 0.25) is 11.8 Å². The number of alkyl carbamates (subject to hydrolysis) is 1. The summed E-state index contributed by atoms with van der Waals surface area (Å²) in [5, 5.41) is 8.19. The van der Waals surface area contributed by atoms with Crippen LogP contribution in [0.2, 0.25) is 0 Å². The van der Waals surface area contributed by atoms with Crippen molar-refractivity contribution >= 4 is 23.9 Å². The van der Waals surface area contributed by atoms with E-state index in [1.807, 2.05) is 97.1 Å². The van der Waals surface area contributed by atoms with Crippen LogP contribution in [0.4, 0.5) is 4.79 Å². The first-order valence-electron chi connectivity index (χ1n) is 16.2. The molecule has 0 bridgehead atoms. The molecule has 1 aliphatic rings. The summed E-state index contributed by atoms with van der Waals surface area (Å²) in [7, 11) is 0. The maximum absolute atomic E-state index is 13.6. The Morgan fingerprint density at radius 2 is 1.17 bits per heavy atom. The Bertz CT molecular complexity index is 1680. The van der Waals surface area contributed by atoms with Gasteiger partial charge in [-0.2, -0.15) is 0 Å². The molecule has 3 amide bonds. The molecule has 248 valence electrons. The van der Waals surface area contributed by atoms with Gasteiger partial charge in [0.15, 0.2) is 0 Å². The highest BCUT2D eigenvalue weighted by Crippen LogP contribution is 2.44. The second-order valence-electron chi connectivity index (χ2n) is 12.3. The third-order valence-corrected chi connectivity index (χ3v) is 8.42. The number of hydrogen-bond acceptors (Lipinski definition) is 6. The topological polar surface area (TPSA) is 123 Å². The number of carbonyl (C=O) groups is 4. The molecule has 9 nitrogen and oxygen atoms in total. The van der Waals surface area contributed by atoms with Crippen molar-refractivity contribution in [1.29, 1.82) is 0 Å². The van der Waals surface area contributed by atoms with E-state index in [0.29, 0.717) is 0 Å². The fourth-order valence-corrected chi connectivity index (χ4v) is 5.85. The molecule has 0 unspecified atom stereocenters. The summed E-state index contributed by atoms with van der Waals surface area (Å²) in [6.45, 7) is 5.30. The van der Waals surface area contributed by atoms with Gasteiger partial charge in [0, 0.05) is 12.3 Å². The van der Waals surface area contributed by atoms with Crippen LogP contribution in [0.3, 0.4) is 0 Å². The van der Waals surface area contributed by atoms with E-state index in [1.165, 1.54) is 6.92 Å². The molecule has 0 aromatic heterocycles. The lowest BCUT2D eigenvalue weighted by molar-refractivity contribution is -0.148. The van der Waals surface area contributed by atoms with E-state index >= 15 is 0 Å². The molecule has 0 saturated carbocycles. The minimum Gasteiger partial charge on any atom is -0.459 e. The standard InChI is InChI=1S/C39H41N3O6/c1-25(2)35(42-39(46)48-24-33-31-20-12-10-18-29(31)30-19-11-13-21-32(30)33)37(44)41-34(22-27-14-6-4-7-15-27)36(43)40-26(3)38(45)47-23-28-16-8-5-9-17-28/h4-21,25-26,33-35H,22-24H2,1-3H3,(H,40,43)(H,41,44)(H,42,46)/t26-,34-,35-/m0/s1. The second-order valence-corrected chi connectivity index (χ2v) is 12.3. The molecule has 0 saturated heterocycles. The fraction of sp³-hybridized carbons (Fsp3) is 0.282. The zero-order valence-corrected chi connectivity index (χ0v) is 27.3. The number of amides is 3. The van der Waals surface area contributed by atoms with Crippen molar-refractivity contribution in [2.24, 2.45) is 5.92 Å². The maximum Gasteiger partial charge on any atom is 0.407 e. The smallest absolute Gasteiger partial charge is 0.407 e. The molecule has 3 N–H and O–H groups in total. The largest absolute Gasteiger partial charge is 0.459 e. The van der Waals surface area contributed by atoms with Crippen molar-refractivity contribution < 1.29 is 28.7 Å². The maximum atomic E-state index is 13.6. The van der Waals surface area contributed by atoms with E-state index in [1.54, 1.807) is 13.8 Å². The van der Waals surface area contributed by atoms with Gasteiger partial charge >= 0.3 is 12.1 Å². The summed E-state index contributed by atoms with van der Waals surface area (Å²) in [5.74, 6) is -2.16. The van der Waals surface area contributed by atoms with Gasteiger partial charge < -0.3 is 25.4 Å². The quantitative estimate of drug-likeness (QED) is 0.164. The highest BCUT2D eigenvalue weighted by Gasteiger charge is 2.32. The summed E-state index contributed by atoms with van der Waals surface area (Å²) in [5.41, 5.74) is 6.02. The van der Waals surface area contributed by atoms with Gasteiger partial charge in [-0.3, -0.25) is 9.59 Å². The van der Waals surface area contributed by atoms with Crippen LogP contribution in [0.5, 0.6) is 0 Å². The Labute approximate surface area is 281 Å². The molecule has 1 aliphatic carbocycles. The molecule has 0 heterocycles. The summed E-state index contributed by atoms with van der Waals surface area (Å²) < 4.78 is 11.1. The van der Waals surface area contributed by atoms with Gasteiger partial charge in [-0.15, -0.1) is 0 Å². The first-order chi connectivity index (χ1) is 23.2. The van der Waals surface area contributed by atoms with E-state index < -0.39 is 42.0 Å². The van der Waals surface area contributed by atoms with Crippen molar-refractivity contribution in [3.05, 3.63) is 131 Å². The van der Waals surface area contributed by atoms with E-state index in [2.05, 4.69) is 28.1 Å². The van der Waals surface area contributed by atoms with E-state index in [9.17, 15) is 19.2 Å². The molecule has 48 heavy (non-hydrogen) atoms. The molecule has 5 rings (SSSR count). The van der Waals surface area contributed by atoms with E-state index in [-0.39, 0.29) is 31.5 Å². The predicted octanol–water partition coefficient (Wildman–Crippen LogP) is 5.53. The SMILES string of the molecule is CC(C)[C@H](NC(=O)OCC1c2ccccc2-c2ccccc21)C(=O)N[C@@H](Cc1ccccc1)C(=O)N[C@@H](C)C(=O)OCc1ccccc1. The summed E-state index contributed by atoms with van der Waals surface area (Å²) in [4.78, 5) is 52.9. The average molecular weight is 648 g/mol. The van der Waals surface area contributed by atoms with Crippen molar-refractivity contribution in [1.82, 2.24) is 16.0 Å². The van der Waals surface area contributed by atoms with Crippen molar-refractivity contribution in [2.45, 2.75) is 57.8 Å². The van der Waals surface area contributed by atoms with Gasteiger partial charge in [0.1, 0.15) is 31.3 Å². The first-order valence-corrected chi connectivity index (χ1v) is 16.2. The van der Waals surface area contributed by atoms with Gasteiger partial charge in [0.05, 0.1) is 0 Å². The van der Waals surface area contributed by atoms with Gasteiger partial charge in [-0.05, 0) is 46.2 Å². The van der Waals surface area contributed by atoms with Crippen LogP contribution >= 0.6 is 0 Å². The van der Waals surface area contributed by atoms with Gasteiger partial charge in [-0.25, -0.2) is 9.59 Å². The third-order valence-electron chi connectivity index (χ3n) is 8.42. The minimum atomic E-state index is -1.03. The lowest BCUT2D eigenvalue weighted by Gasteiger charge is -2.26. The number of nitrogens with one attached hydrogen (secondary N) is 3. The normalized spacial score (nSPS) is 13.8. The highest BCUT2D eigenvalue weighted by molar-refractivity contribution is 5.93. The third kappa shape index (κ3) is 8.47. The van der Waals surface area contributed by atoms with Crippen molar-refractivity contribution in [2.75, 3.05) is 6.61 Å². The predicted molar refractivity (Wildman–Crippen MR) is 183 cm³/mol. The molecule has 4 aromatic carbocycles. The van der Waals surface area contributed by atoms with Gasteiger partial charge in [0.25, 0.3) is 0 Å². The Morgan fingerprint density at radius 3 is 1.75 bits per heavy atom. The van der Waals surface area contributed by atoms with Crippen LogP contribution in [-0.2, 0) is 36.9 Å². The van der Waals surface area contributed by atoms with Crippen LogP contribution in [-0.4, -0.2) is 48.6 Å². The molecule has 3 atom stereocenters. The zero-order valence-electron chi connectivity index (χ0n) is 27.3. The Morgan fingerprint density at radius 1 is 0.625 bits per heavy atom. The number of rotatable bonds is 13. The van der Waals surface area contributed by atoms with E-state index in [0.717, 1.165) is 33.4 Å². The summed E-state index contributed by atoms with van der Waals surface area (Å²) in [6, 6.07) is 31.6. The molecule has 0 aliphatic heterocycles. The number of carbonyl (C=O) groups excluding carboxylic acids is 4. The zero-order chi connectivity index (χ0) is 34.0. The van der Waals surface area contributed by atoms with Crippen LogP contribution < -0.4 is 16.0 Å². The Kier molecular flexibility index (Phi) is 11.2. The number of ether oxygens (including phenoxy) is 2. The average Bonchev–Trinajstić information content (AvgIpc) is 3.42. The van der Waals surface area contributed by atoms with Crippen LogP contribution in [0.25, 0.3) is 11.1 Å². The molecule has 0 spiro atoms. The second kappa shape index (κ2) is 15.9. The lowest BCUT2D eigenvalue weighted by atomic mass is 9.98. The molecular weight excluding hydrogens is 606 g/mol. The Hall–Kier alpha value is -5.44. The van der Waals surface area contributed by atoms with Crippen LogP contribution in [0, 0.1) is 5.92 Å². The summed E-state index contributed by atoms with van der Waals surface area (Å²) >= 11 is 0. The number of benzene rings is 4. The summed E-state index contributed by atoms with van der Waals surface area (Å²) in [6.07, 6.45) is -0.565. The van der Waals surface area contributed by atoms with Crippen molar-refractivity contribution in [3.8, 4) is 11.1 Å². The molecule has 0 fully saturated rings. The van der Waals surface area contributed by atoms with Crippen LogP contribution in [0.1, 0.15) is 48.9 Å². The number of hydrogen-bond donors (Lipinski definition) is 3. The lowest BCUT2D eigenvalue weighted by Crippen LogP contribution is -2.57. The minimum absolute atomic E-state index is 0.0711. The van der Waals surface area contributed by atoms with Gasteiger partial charge in [-0.1, -0.05) is 123 Å². The highest BCUT2D eigenvalue weighted by atomic mass is 16.5. The molecule has 0 radical (unpaired) electrons. The number of fused-ring (bicyclic) bond motifs is 3. The van der Waals surface area contributed by atoms with Crippen LogP contribution in [0.15, 0.2) is 109 Å². The Balaban J connectivity index is 1.22. The fourth-order valence-electron chi connectivity index (χ4n) is 5.85. The molecular formula is C39H41N3O6. The van der Waals surface area contributed by atoms with E-state index in [4.69, 9.17) is 9.47 Å². The number of esters is 1. The monoisotopic (exact) mass is 647 g/mol. The molecule has 4 aromatic rings. The molecule has 9 heteroatoms.